The molecular formula is C28H30F2N2O4. The number of rotatable bonds is 9. The zero-order chi connectivity index (χ0) is 25.1. The van der Waals surface area contributed by atoms with Gasteiger partial charge in [0.05, 0.1) is 6.04 Å². The molecule has 2 aliphatic heterocycles. The van der Waals surface area contributed by atoms with E-state index in [1.165, 1.54) is 0 Å². The molecule has 2 N–H and O–H groups in total. The number of alkyl halides is 2. The minimum Gasteiger partial charge on any atom is -0.486 e. The molecule has 5 rings (SSSR count). The number of aryl methyl sites for hydroxylation is 1. The van der Waals surface area contributed by atoms with E-state index >= 15 is 0 Å². The number of aliphatic hydroxyl groups excluding tert-OH is 1. The van der Waals surface area contributed by atoms with E-state index in [2.05, 4.69) is 5.32 Å². The highest BCUT2D eigenvalue weighted by molar-refractivity contribution is 5.84. The van der Waals surface area contributed by atoms with Crippen molar-refractivity contribution in [1.29, 1.82) is 0 Å². The van der Waals surface area contributed by atoms with Gasteiger partial charge in [0.1, 0.15) is 19.3 Å². The van der Waals surface area contributed by atoms with Gasteiger partial charge >= 0.3 is 5.92 Å². The second-order valence-corrected chi connectivity index (χ2v) is 9.47. The fourth-order valence-corrected chi connectivity index (χ4v) is 4.63. The Kier molecular flexibility index (Phi) is 7.07. The molecule has 2 atom stereocenters. The number of likely N-dealkylation sites (tertiary alicyclic amines) is 1. The summed E-state index contributed by atoms with van der Waals surface area (Å²) in [5, 5.41) is 15.5. The lowest BCUT2D eigenvalue weighted by molar-refractivity contribution is -0.148. The van der Waals surface area contributed by atoms with E-state index in [4.69, 9.17) is 9.47 Å². The minimum atomic E-state index is -3.58. The van der Waals surface area contributed by atoms with Gasteiger partial charge in [-0.05, 0) is 60.0 Å². The first kappa shape index (κ1) is 24.5. The molecule has 0 spiro atoms. The van der Waals surface area contributed by atoms with Crippen LogP contribution in [-0.2, 0) is 11.2 Å². The standard InChI is InChI=1S/C28H30F2N2O4/c29-28(30,11-10-19-6-7-20-4-1-2-5-21(20)16-19)27(34)31-23(18-32-12-3-13-32)26(33)22-8-9-24-25(17-22)36-15-14-35-24/h1-2,4-9,16-17,23,26,33H,3,10-15,18H2,(H,31,34)/t23-,26-/m1/s1. The Labute approximate surface area is 208 Å². The van der Waals surface area contributed by atoms with Crippen molar-refractivity contribution in [2.45, 2.75) is 37.3 Å². The number of hydrogen-bond acceptors (Lipinski definition) is 5. The number of ether oxygens (including phenoxy) is 2. The largest absolute Gasteiger partial charge is 0.486 e. The molecule has 0 unspecified atom stereocenters. The molecule has 6 nitrogen and oxygen atoms in total. The molecule has 3 aromatic carbocycles. The Morgan fingerprint density at radius 1 is 1.00 bits per heavy atom. The Hall–Kier alpha value is -3.23. The summed E-state index contributed by atoms with van der Waals surface area (Å²) < 4.78 is 41.0. The van der Waals surface area contributed by atoms with Gasteiger partial charge in [-0.15, -0.1) is 0 Å². The van der Waals surface area contributed by atoms with Gasteiger partial charge in [0, 0.05) is 13.0 Å². The minimum absolute atomic E-state index is 0.0623. The predicted molar refractivity (Wildman–Crippen MR) is 133 cm³/mol. The molecule has 1 amide bonds. The molecule has 1 fully saturated rings. The number of benzene rings is 3. The van der Waals surface area contributed by atoms with E-state index in [1.54, 1.807) is 18.2 Å². The number of nitrogens with one attached hydrogen (secondary N) is 1. The average Bonchev–Trinajstić information content (AvgIpc) is 2.87. The fourth-order valence-electron chi connectivity index (χ4n) is 4.63. The SMILES string of the molecule is O=C(N[C@H](CN1CCC1)[C@H](O)c1ccc2c(c1)OCCO2)C(F)(F)CCc1ccc2ccccc2c1. The molecule has 8 heteroatoms. The van der Waals surface area contributed by atoms with Crippen LogP contribution in [0.15, 0.2) is 60.7 Å². The van der Waals surface area contributed by atoms with Crippen LogP contribution >= 0.6 is 0 Å². The third-order valence-electron chi connectivity index (χ3n) is 6.88. The van der Waals surface area contributed by atoms with E-state index < -0.39 is 30.4 Å². The number of carbonyl (C=O) groups excluding carboxylic acids is 1. The molecular weight excluding hydrogens is 466 g/mol. The van der Waals surface area contributed by atoms with Crippen molar-refractivity contribution >= 4 is 16.7 Å². The number of aliphatic hydroxyl groups is 1. The van der Waals surface area contributed by atoms with Crippen LogP contribution in [0.3, 0.4) is 0 Å². The van der Waals surface area contributed by atoms with Crippen LogP contribution in [0.1, 0.15) is 30.1 Å². The van der Waals surface area contributed by atoms with Gasteiger partial charge in [-0.1, -0.05) is 48.5 Å². The first-order valence-corrected chi connectivity index (χ1v) is 12.4. The summed E-state index contributed by atoms with van der Waals surface area (Å²) in [4.78, 5) is 14.8. The van der Waals surface area contributed by atoms with Crippen LogP contribution in [0.4, 0.5) is 8.78 Å². The molecule has 0 aromatic heterocycles. The number of halogens is 2. The van der Waals surface area contributed by atoms with Gasteiger partial charge < -0.3 is 24.8 Å². The number of hydrogen-bond donors (Lipinski definition) is 2. The lowest BCUT2D eigenvalue weighted by Crippen LogP contribution is -2.54. The highest BCUT2D eigenvalue weighted by Crippen LogP contribution is 2.34. The molecule has 2 aliphatic rings. The first-order chi connectivity index (χ1) is 17.4. The summed E-state index contributed by atoms with van der Waals surface area (Å²) in [5.41, 5.74) is 1.22. The monoisotopic (exact) mass is 496 g/mol. The normalized spacial score (nSPS) is 17.3. The lowest BCUT2D eigenvalue weighted by atomic mass is 9.98. The number of amides is 1. The predicted octanol–water partition coefficient (Wildman–Crippen LogP) is 4.10. The number of fused-ring (bicyclic) bond motifs is 2. The van der Waals surface area contributed by atoms with Gasteiger partial charge in [-0.25, -0.2) is 0 Å². The summed E-state index contributed by atoms with van der Waals surface area (Å²) in [6, 6.07) is 17.4. The molecule has 0 saturated carbocycles. The highest BCUT2D eigenvalue weighted by Gasteiger charge is 2.41. The zero-order valence-corrected chi connectivity index (χ0v) is 20.0. The van der Waals surface area contributed by atoms with Crippen molar-refractivity contribution in [3.63, 3.8) is 0 Å². The Morgan fingerprint density at radius 2 is 1.75 bits per heavy atom. The molecule has 3 aromatic rings. The summed E-state index contributed by atoms with van der Waals surface area (Å²) in [7, 11) is 0. The molecule has 0 bridgehead atoms. The molecule has 1 saturated heterocycles. The second kappa shape index (κ2) is 10.4. The van der Waals surface area contributed by atoms with Crippen molar-refractivity contribution in [2.24, 2.45) is 0 Å². The zero-order valence-electron chi connectivity index (χ0n) is 20.0. The number of nitrogens with zero attached hydrogens (tertiary/aromatic N) is 1. The van der Waals surface area contributed by atoms with Crippen molar-refractivity contribution in [1.82, 2.24) is 10.2 Å². The maximum atomic E-state index is 15.0. The maximum Gasteiger partial charge on any atom is 0.324 e. The van der Waals surface area contributed by atoms with Crippen molar-refractivity contribution in [3.05, 3.63) is 71.8 Å². The Morgan fingerprint density at radius 3 is 2.50 bits per heavy atom. The second-order valence-electron chi connectivity index (χ2n) is 9.47. The van der Waals surface area contributed by atoms with Crippen molar-refractivity contribution in [3.8, 4) is 11.5 Å². The Bertz CT molecular complexity index is 1230. The van der Waals surface area contributed by atoms with Crippen LogP contribution in [0.2, 0.25) is 0 Å². The molecule has 190 valence electrons. The van der Waals surface area contributed by atoms with Crippen LogP contribution in [0, 0.1) is 0 Å². The first-order valence-electron chi connectivity index (χ1n) is 12.4. The van der Waals surface area contributed by atoms with E-state index in [0.717, 1.165) is 35.8 Å². The fraction of sp³-hybridized carbons (Fsp3) is 0.393. The summed E-state index contributed by atoms with van der Waals surface area (Å²) in [5.74, 6) is -3.88. The van der Waals surface area contributed by atoms with Gasteiger partial charge in [-0.2, -0.15) is 8.78 Å². The van der Waals surface area contributed by atoms with Crippen LogP contribution in [-0.4, -0.2) is 60.7 Å². The lowest BCUT2D eigenvalue weighted by Gasteiger charge is -2.36. The maximum absolute atomic E-state index is 15.0. The summed E-state index contributed by atoms with van der Waals surface area (Å²) >= 11 is 0. The molecule has 36 heavy (non-hydrogen) atoms. The van der Waals surface area contributed by atoms with Gasteiger partial charge in [0.15, 0.2) is 11.5 Å². The highest BCUT2D eigenvalue weighted by atomic mass is 19.3. The third-order valence-corrected chi connectivity index (χ3v) is 6.88. The average molecular weight is 497 g/mol. The number of carbonyl (C=O) groups is 1. The van der Waals surface area contributed by atoms with Crippen LogP contribution in [0.5, 0.6) is 11.5 Å². The van der Waals surface area contributed by atoms with Gasteiger partial charge in [0.2, 0.25) is 0 Å². The topological polar surface area (TPSA) is 71.0 Å². The van der Waals surface area contributed by atoms with Crippen LogP contribution < -0.4 is 14.8 Å². The van der Waals surface area contributed by atoms with Gasteiger partial charge in [0.25, 0.3) is 5.91 Å². The van der Waals surface area contributed by atoms with E-state index in [9.17, 15) is 18.7 Å². The quantitative estimate of drug-likeness (QED) is 0.467. The van der Waals surface area contributed by atoms with E-state index in [-0.39, 0.29) is 13.0 Å². The van der Waals surface area contributed by atoms with Crippen molar-refractivity contribution < 1.29 is 28.2 Å². The summed E-state index contributed by atoms with van der Waals surface area (Å²) in [6.45, 7) is 2.72. The molecule has 0 aliphatic carbocycles. The van der Waals surface area contributed by atoms with Gasteiger partial charge in [-0.3, -0.25) is 4.79 Å². The third kappa shape index (κ3) is 5.44. The van der Waals surface area contributed by atoms with E-state index in [0.29, 0.717) is 30.3 Å². The van der Waals surface area contributed by atoms with Crippen LogP contribution in [0.25, 0.3) is 10.8 Å². The Balaban J connectivity index is 1.27. The van der Waals surface area contributed by atoms with E-state index in [1.807, 2.05) is 47.4 Å². The smallest absolute Gasteiger partial charge is 0.324 e. The molecule has 0 radical (unpaired) electrons. The van der Waals surface area contributed by atoms with Crippen molar-refractivity contribution in [2.75, 3.05) is 32.8 Å². The molecule has 2 heterocycles. The summed E-state index contributed by atoms with van der Waals surface area (Å²) in [6.07, 6.45) is -0.731.